The summed E-state index contributed by atoms with van der Waals surface area (Å²) in [5, 5.41) is 3.08. The monoisotopic (exact) mass is 305 g/mol. The van der Waals surface area contributed by atoms with Crippen molar-refractivity contribution in [3.8, 4) is 0 Å². The molecule has 0 spiro atoms. The average molecular weight is 305 g/mol. The molecular formula is C13H18F3N3S. The van der Waals surface area contributed by atoms with E-state index in [1.807, 2.05) is 25.9 Å². The molecule has 7 heteroatoms. The van der Waals surface area contributed by atoms with Crippen molar-refractivity contribution in [1.82, 2.24) is 4.90 Å². The summed E-state index contributed by atoms with van der Waals surface area (Å²) in [5.74, 6) is 0. The number of halogens is 3. The zero-order chi connectivity index (χ0) is 15.5. The highest BCUT2D eigenvalue weighted by atomic mass is 32.1. The predicted octanol–water partition coefficient (Wildman–Crippen LogP) is 2.70. The van der Waals surface area contributed by atoms with Crippen molar-refractivity contribution >= 4 is 22.9 Å². The Labute approximate surface area is 121 Å². The Bertz CT molecular complexity index is 486. The van der Waals surface area contributed by atoms with Gasteiger partial charge >= 0.3 is 6.18 Å². The number of alkyl halides is 3. The molecule has 20 heavy (non-hydrogen) atoms. The van der Waals surface area contributed by atoms with Gasteiger partial charge in [-0.2, -0.15) is 13.2 Å². The van der Waals surface area contributed by atoms with E-state index in [1.165, 1.54) is 6.07 Å². The molecule has 0 saturated heterocycles. The van der Waals surface area contributed by atoms with Crippen LogP contribution in [0.1, 0.15) is 18.1 Å². The molecule has 1 rings (SSSR count). The molecule has 0 radical (unpaired) electrons. The van der Waals surface area contributed by atoms with Crippen LogP contribution in [0.5, 0.6) is 0 Å². The molecule has 0 aliphatic carbocycles. The molecule has 0 amide bonds. The first-order valence-electron chi connectivity index (χ1n) is 6.04. The van der Waals surface area contributed by atoms with Crippen molar-refractivity contribution in [2.24, 2.45) is 5.73 Å². The summed E-state index contributed by atoms with van der Waals surface area (Å²) in [7, 11) is 3.85. The predicted molar refractivity (Wildman–Crippen MR) is 79.0 cm³/mol. The van der Waals surface area contributed by atoms with Gasteiger partial charge in [-0.25, -0.2) is 0 Å². The quantitative estimate of drug-likeness (QED) is 0.821. The fourth-order valence-electron chi connectivity index (χ4n) is 1.52. The third-order valence-electron chi connectivity index (χ3n) is 3.08. The molecular weight excluding hydrogens is 287 g/mol. The fourth-order valence-corrected chi connectivity index (χ4v) is 1.69. The molecule has 3 N–H and O–H groups in total. The van der Waals surface area contributed by atoms with E-state index in [1.54, 1.807) is 0 Å². The Balaban J connectivity index is 3.00. The van der Waals surface area contributed by atoms with Crippen LogP contribution in [-0.4, -0.2) is 36.6 Å². The number of nitrogens with two attached hydrogens (primary N) is 1. The van der Waals surface area contributed by atoms with Gasteiger partial charge in [0.2, 0.25) is 0 Å². The van der Waals surface area contributed by atoms with E-state index >= 15 is 0 Å². The highest BCUT2D eigenvalue weighted by Crippen LogP contribution is 2.31. The zero-order valence-electron chi connectivity index (χ0n) is 11.6. The SMILES string of the molecule is CC(CNc1ccc(C(F)(F)F)cc1C(N)=S)N(C)C. The van der Waals surface area contributed by atoms with Gasteiger partial charge in [0.1, 0.15) is 4.99 Å². The van der Waals surface area contributed by atoms with Crippen LogP contribution in [-0.2, 0) is 6.18 Å². The highest BCUT2D eigenvalue weighted by molar-refractivity contribution is 7.80. The Morgan fingerprint density at radius 1 is 1.40 bits per heavy atom. The number of hydrogen-bond acceptors (Lipinski definition) is 3. The molecule has 0 fully saturated rings. The van der Waals surface area contributed by atoms with Crippen LogP contribution in [0.25, 0.3) is 0 Å². The first kappa shape index (κ1) is 16.7. The summed E-state index contributed by atoms with van der Waals surface area (Å²) in [6, 6.07) is 3.58. The molecule has 0 saturated carbocycles. The molecule has 0 aliphatic rings. The number of hydrogen-bond donors (Lipinski definition) is 2. The minimum Gasteiger partial charge on any atom is -0.389 e. The first-order valence-corrected chi connectivity index (χ1v) is 6.45. The second-order valence-electron chi connectivity index (χ2n) is 4.82. The fraction of sp³-hybridized carbons (Fsp3) is 0.462. The third kappa shape index (κ3) is 4.35. The molecule has 3 nitrogen and oxygen atoms in total. The van der Waals surface area contributed by atoms with E-state index in [4.69, 9.17) is 18.0 Å². The minimum absolute atomic E-state index is 0.0592. The Hall–Kier alpha value is -1.34. The van der Waals surface area contributed by atoms with Gasteiger partial charge in [-0.05, 0) is 39.2 Å². The zero-order valence-corrected chi connectivity index (χ0v) is 12.4. The van der Waals surface area contributed by atoms with Gasteiger partial charge in [-0.15, -0.1) is 0 Å². The number of nitrogens with one attached hydrogen (secondary N) is 1. The van der Waals surface area contributed by atoms with Gasteiger partial charge < -0.3 is 16.0 Å². The van der Waals surface area contributed by atoms with Crippen molar-refractivity contribution in [2.75, 3.05) is 26.0 Å². The maximum absolute atomic E-state index is 12.7. The molecule has 1 aromatic rings. The van der Waals surface area contributed by atoms with E-state index in [9.17, 15) is 13.2 Å². The van der Waals surface area contributed by atoms with E-state index in [0.717, 1.165) is 12.1 Å². The Morgan fingerprint density at radius 2 is 2.00 bits per heavy atom. The summed E-state index contributed by atoms with van der Waals surface area (Å²) >= 11 is 4.82. The van der Waals surface area contributed by atoms with Gasteiger partial charge in [-0.1, -0.05) is 12.2 Å². The van der Waals surface area contributed by atoms with Gasteiger partial charge in [0.25, 0.3) is 0 Å². The van der Waals surface area contributed by atoms with Crippen LogP contribution < -0.4 is 11.1 Å². The lowest BCUT2D eigenvalue weighted by atomic mass is 10.1. The summed E-state index contributed by atoms with van der Waals surface area (Å²) < 4.78 is 38.0. The van der Waals surface area contributed by atoms with Gasteiger partial charge in [0.15, 0.2) is 0 Å². The molecule has 0 aliphatic heterocycles. The molecule has 1 aromatic carbocycles. The standard InChI is InChI=1S/C13H18F3N3S/c1-8(19(2)3)7-18-11-5-4-9(13(14,15)16)6-10(11)12(17)20/h4-6,8,18H,7H2,1-3H3,(H2,17,20). The summed E-state index contributed by atoms with van der Waals surface area (Å²) in [6.45, 7) is 2.57. The van der Waals surface area contributed by atoms with Crippen molar-refractivity contribution in [3.05, 3.63) is 29.3 Å². The minimum atomic E-state index is -4.41. The van der Waals surface area contributed by atoms with Crippen molar-refractivity contribution in [3.63, 3.8) is 0 Å². The number of rotatable bonds is 5. The maximum atomic E-state index is 12.7. The summed E-state index contributed by atoms with van der Waals surface area (Å²) in [6.07, 6.45) is -4.41. The first-order chi connectivity index (χ1) is 9.12. The lowest BCUT2D eigenvalue weighted by Crippen LogP contribution is -2.32. The molecule has 0 bridgehead atoms. The molecule has 0 aromatic heterocycles. The van der Waals surface area contributed by atoms with Crippen molar-refractivity contribution < 1.29 is 13.2 Å². The topological polar surface area (TPSA) is 41.3 Å². The van der Waals surface area contributed by atoms with E-state index in [-0.39, 0.29) is 16.6 Å². The van der Waals surface area contributed by atoms with Gasteiger partial charge in [0, 0.05) is 23.8 Å². The number of likely N-dealkylation sites (N-methyl/N-ethyl adjacent to an activating group) is 1. The van der Waals surface area contributed by atoms with E-state index in [0.29, 0.717) is 12.2 Å². The lowest BCUT2D eigenvalue weighted by Gasteiger charge is -2.22. The number of nitrogens with zero attached hydrogens (tertiary/aromatic N) is 1. The van der Waals surface area contributed by atoms with Crippen molar-refractivity contribution in [2.45, 2.75) is 19.1 Å². The highest BCUT2D eigenvalue weighted by Gasteiger charge is 2.31. The Kier molecular flexibility index (Phi) is 5.35. The number of benzene rings is 1. The van der Waals surface area contributed by atoms with Gasteiger partial charge in [-0.3, -0.25) is 0 Å². The third-order valence-corrected chi connectivity index (χ3v) is 3.30. The van der Waals surface area contributed by atoms with E-state index < -0.39 is 11.7 Å². The largest absolute Gasteiger partial charge is 0.416 e. The second-order valence-corrected chi connectivity index (χ2v) is 5.26. The van der Waals surface area contributed by atoms with E-state index in [2.05, 4.69) is 5.32 Å². The van der Waals surface area contributed by atoms with Crippen LogP contribution in [0.4, 0.5) is 18.9 Å². The van der Waals surface area contributed by atoms with Crippen LogP contribution in [0.15, 0.2) is 18.2 Å². The molecule has 1 atom stereocenters. The second kappa shape index (κ2) is 6.41. The lowest BCUT2D eigenvalue weighted by molar-refractivity contribution is -0.137. The number of anilines is 1. The normalized spacial score (nSPS) is 13.3. The maximum Gasteiger partial charge on any atom is 0.416 e. The van der Waals surface area contributed by atoms with Crippen molar-refractivity contribution in [1.29, 1.82) is 0 Å². The van der Waals surface area contributed by atoms with Crippen LogP contribution in [0, 0.1) is 0 Å². The smallest absolute Gasteiger partial charge is 0.389 e. The Morgan fingerprint density at radius 3 is 2.45 bits per heavy atom. The van der Waals surface area contributed by atoms with Crippen LogP contribution in [0.3, 0.4) is 0 Å². The van der Waals surface area contributed by atoms with Gasteiger partial charge in [0.05, 0.1) is 5.56 Å². The van der Waals surface area contributed by atoms with Crippen LogP contribution in [0.2, 0.25) is 0 Å². The molecule has 112 valence electrons. The molecule has 1 unspecified atom stereocenters. The van der Waals surface area contributed by atoms with Crippen LogP contribution >= 0.6 is 12.2 Å². The summed E-state index contributed by atoms with van der Waals surface area (Å²) in [4.78, 5) is 1.94. The summed E-state index contributed by atoms with van der Waals surface area (Å²) in [5.41, 5.74) is 5.47. The average Bonchev–Trinajstić information content (AvgIpc) is 2.34. The number of thiocarbonyl (C=S) groups is 1. The molecule has 0 heterocycles.